The number of carbonyl (C=O) groups excluding carboxylic acids is 1. The van der Waals surface area contributed by atoms with Gasteiger partial charge in [-0.1, -0.05) is 24.3 Å². The summed E-state index contributed by atoms with van der Waals surface area (Å²) in [5.41, 5.74) is 1.62. The van der Waals surface area contributed by atoms with Gasteiger partial charge in [-0.05, 0) is 35.4 Å². The van der Waals surface area contributed by atoms with Crippen LogP contribution in [0.4, 0.5) is 8.78 Å². The van der Waals surface area contributed by atoms with Crippen LogP contribution in [0.1, 0.15) is 17.5 Å². The molecule has 29 heavy (non-hydrogen) atoms. The number of hydrogen-bond donors (Lipinski definition) is 4. The van der Waals surface area contributed by atoms with E-state index in [-0.39, 0.29) is 37.1 Å². The van der Waals surface area contributed by atoms with Crippen LogP contribution in [-0.2, 0) is 22.6 Å². The summed E-state index contributed by atoms with van der Waals surface area (Å²) in [5.74, 6) is -1.01. The first-order chi connectivity index (χ1) is 13.9. The lowest BCUT2D eigenvalue weighted by molar-refractivity contribution is -0.125. The fourth-order valence-corrected chi connectivity index (χ4v) is 3.18. The maximum atomic E-state index is 12.9. The Bertz CT molecular complexity index is 801. The minimum absolute atomic E-state index is 0.103. The topological polar surface area (TPSA) is 90.8 Å². The third-order valence-corrected chi connectivity index (χ3v) is 4.84. The molecule has 0 bridgehead atoms. The zero-order valence-corrected chi connectivity index (χ0v) is 15.7. The lowest BCUT2D eigenvalue weighted by atomic mass is 10.1. The number of hydrogen-bond acceptors (Lipinski definition) is 5. The number of ether oxygens (including phenoxy) is 1. The number of rotatable bonds is 8. The fourth-order valence-electron chi connectivity index (χ4n) is 3.18. The van der Waals surface area contributed by atoms with E-state index in [1.807, 2.05) is 0 Å². The molecule has 0 spiro atoms. The van der Waals surface area contributed by atoms with E-state index in [2.05, 4.69) is 10.6 Å². The van der Waals surface area contributed by atoms with Crippen LogP contribution in [0.15, 0.2) is 48.5 Å². The number of aliphatic hydroxyl groups excluding tert-OH is 2. The smallest absolute Gasteiger partial charge is 0.222 e. The van der Waals surface area contributed by atoms with Crippen molar-refractivity contribution in [3.8, 4) is 0 Å². The van der Waals surface area contributed by atoms with Crippen LogP contribution in [-0.4, -0.2) is 47.1 Å². The molecule has 1 heterocycles. The molecular formula is C21H24F2N2O4. The summed E-state index contributed by atoms with van der Waals surface area (Å²) < 4.78 is 31.5. The second kappa shape index (κ2) is 9.89. The highest BCUT2D eigenvalue weighted by Crippen LogP contribution is 2.23. The van der Waals surface area contributed by atoms with Gasteiger partial charge in [-0.25, -0.2) is 8.78 Å². The van der Waals surface area contributed by atoms with Crippen molar-refractivity contribution in [2.75, 3.05) is 6.54 Å². The minimum Gasteiger partial charge on any atom is -0.388 e. The highest BCUT2D eigenvalue weighted by atomic mass is 19.1. The molecule has 1 aliphatic rings. The molecule has 1 amide bonds. The molecule has 3 rings (SSSR count). The lowest BCUT2D eigenvalue weighted by Gasteiger charge is -2.15. The van der Waals surface area contributed by atoms with E-state index in [0.29, 0.717) is 6.54 Å². The molecule has 2 aromatic rings. The predicted molar refractivity (Wildman–Crippen MR) is 102 cm³/mol. The van der Waals surface area contributed by atoms with Crippen LogP contribution in [0, 0.1) is 11.6 Å². The fraction of sp³-hybridized carbons (Fsp3) is 0.381. The van der Waals surface area contributed by atoms with Crippen molar-refractivity contribution in [2.45, 2.75) is 43.9 Å². The van der Waals surface area contributed by atoms with Gasteiger partial charge < -0.3 is 25.6 Å². The molecule has 0 aromatic heterocycles. The van der Waals surface area contributed by atoms with Crippen molar-refractivity contribution in [3.05, 3.63) is 71.3 Å². The third-order valence-electron chi connectivity index (χ3n) is 4.84. The van der Waals surface area contributed by atoms with Gasteiger partial charge in [0, 0.05) is 19.6 Å². The quantitative estimate of drug-likeness (QED) is 0.530. The average Bonchev–Trinajstić information content (AvgIpc) is 2.97. The summed E-state index contributed by atoms with van der Waals surface area (Å²) in [6.45, 7) is 0.947. The molecule has 8 heteroatoms. The van der Waals surface area contributed by atoms with Crippen molar-refractivity contribution in [1.29, 1.82) is 0 Å². The molecular weight excluding hydrogens is 382 g/mol. The van der Waals surface area contributed by atoms with Gasteiger partial charge in [0.1, 0.15) is 23.8 Å². The molecule has 1 saturated heterocycles. The highest BCUT2D eigenvalue weighted by molar-refractivity contribution is 5.76. The third kappa shape index (κ3) is 6.04. The maximum Gasteiger partial charge on any atom is 0.222 e. The Balaban J connectivity index is 1.42. The molecule has 1 aliphatic heterocycles. The van der Waals surface area contributed by atoms with E-state index in [9.17, 15) is 23.8 Å². The van der Waals surface area contributed by atoms with Gasteiger partial charge in [-0.3, -0.25) is 4.79 Å². The SMILES string of the molecule is O=C(C[C@@H]1O[C@H](CNCc2ccc(F)cc2)[C@@H](O)[C@H]1O)NCc1ccc(F)cc1. The Hall–Kier alpha value is -2.39. The zero-order chi connectivity index (χ0) is 20.8. The first kappa shape index (κ1) is 21.3. The molecule has 0 saturated carbocycles. The largest absolute Gasteiger partial charge is 0.388 e. The van der Waals surface area contributed by atoms with E-state index >= 15 is 0 Å². The first-order valence-corrected chi connectivity index (χ1v) is 9.40. The molecule has 0 radical (unpaired) electrons. The van der Waals surface area contributed by atoms with E-state index in [0.717, 1.165) is 11.1 Å². The number of halogens is 2. The van der Waals surface area contributed by atoms with Gasteiger partial charge in [0.25, 0.3) is 0 Å². The van der Waals surface area contributed by atoms with Crippen molar-refractivity contribution in [3.63, 3.8) is 0 Å². The number of carbonyl (C=O) groups is 1. The summed E-state index contributed by atoms with van der Waals surface area (Å²) in [5, 5.41) is 26.1. The van der Waals surface area contributed by atoms with Gasteiger partial charge in [-0.15, -0.1) is 0 Å². The predicted octanol–water partition coefficient (Wildman–Crippen LogP) is 1.25. The van der Waals surface area contributed by atoms with Crippen molar-refractivity contribution in [1.82, 2.24) is 10.6 Å². The van der Waals surface area contributed by atoms with E-state index in [1.165, 1.54) is 24.3 Å². The average molecular weight is 406 g/mol. The monoisotopic (exact) mass is 406 g/mol. The molecule has 4 atom stereocenters. The molecule has 156 valence electrons. The summed E-state index contributed by atoms with van der Waals surface area (Å²) >= 11 is 0. The maximum absolute atomic E-state index is 12.9. The second-order valence-electron chi connectivity index (χ2n) is 7.06. The van der Waals surface area contributed by atoms with Gasteiger partial charge in [-0.2, -0.15) is 0 Å². The van der Waals surface area contributed by atoms with Gasteiger partial charge in [0.05, 0.1) is 18.6 Å². The van der Waals surface area contributed by atoms with Crippen molar-refractivity contribution in [2.24, 2.45) is 0 Å². The van der Waals surface area contributed by atoms with E-state index < -0.39 is 24.4 Å². The molecule has 4 N–H and O–H groups in total. The summed E-state index contributed by atoms with van der Waals surface area (Å²) in [6.07, 6.45) is -3.89. The zero-order valence-electron chi connectivity index (χ0n) is 15.7. The summed E-state index contributed by atoms with van der Waals surface area (Å²) in [7, 11) is 0. The number of benzene rings is 2. The minimum atomic E-state index is -1.18. The molecule has 1 fully saturated rings. The lowest BCUT2D eigenvalue weighted by Crippen LogP contribution is -2.38. The van der Waals surface area contributed by atoms with E-state index in [1.54, 1.807) is 24.3 Å². The molecule has 2 aromatic carbocycles. The number of nitrogens with one attached hydrogen (secondary N) is 2. The van der Waals surface area contributed by atoms with Gasteiger partial charge >= 0.3 is 0 Å². The summed E-state index contributed by atoms with van der Waals surface area (Å²) in [4.78, 5) is 12.1. The van der Waals surface area contributed by atoms with Crippen molar-refractivity contribution >= 4 is 5.91 Å². The van der Waals surface area contributed by atoms with Crippen LogP contribution in [0.2, 0.25) is 0 Å². The number of aliphatic hydroxyl groups is 2. The molecule has 0 aliphatic carbocycles. The van der Waals surface area contributed by atoms with Gasteiger partial charge in [0.15, 0.2) is 0 Å². The Labute approximate surface area is 167 Å². The van der Waals surface area contributed by atoms with Crippen LogP contribution in [0.25, 0.3) is 0 Å². The summed E-state index contributed by atoms with van der Waals surface area (Å²) in [6, 6.07) is 11.8. The van der Waals surface area contributed by atoms with Crippen molar-refractivity contribution < 1.29 is 28.5 Å². The number of amides is 1. The van der Waals surface area contributed by atoms with E-state index in [4.69, 9.17) is 4.74 Å². The van der Waals surface area contributed by atoms with Crippen LogP contribution < -0.4 is 10.6 Å². The Kier molecular flexibility index (Phi) is 7.27. The van der Waals surface area contributed by atoms with Crippen LogP contribution >= 0.6 is 0 Å². The Morgan fingerprint density at radius 1 is 0.862 bits per heavy atom. The normalized spacial score (nSPS) is 23.9. The Morgan fingerprint density at radius 3 is 1.97 bits per heavy atom. The molecule has 6 nitrogen and oxygen atoms in total. The first-order valence-electron chi connectivity index (χ1n) is 9.40. The standard InChI is InChI=1S/C21H24F2N2O4/c22-15-5-1-13(2-6-15)10-24-12-18-21(28)20(27)17(29-18)9-19(26)25-11-14-3-7-16(23)8-4-14/h1-8,17-18,20-21,24,27-28H,9-12H2,(H,25,26)/t17-,18+,20-,21+/m0/s1. The van der Waals surface area contributed by atoms with Gasteiger partial charge in [0.2, 0.25) is 5.91 Å². The van der Waals surface area contributed by atoms with Crippen LogP contribution in [0.5, 0.6) is 0 Å². The molecule has 0 unspecified atom stereocenters. The Morgan fingerprint density at radius 2 is 1.38 bits per heavy atom. The highest BCUT2D eigenvalue weighted by Gasteiger charge is 2.42. The second-order valence-corrected chi connectivity index (χ2v) is 7.06. The van der Waals surface area contributed by atoms with Crippen LogP contribution in [0.3, 0.4) is 0 Å².